The molecule has 4 aromatic rings. The molecule has 210 valence electrons. The van der Waals surface area contributed by atoms with E-state index in [0.29, 0.717) is 29.4 Å². The molecule has 7 heteroatoms. The zero-order valence-electron chi connectivity index (χ0n) is 23.4. The quantitative estimate of drug-likeness (QED) is 0.227. The van der Waals surface area contributed by atoms with Crippen molar-refractivity contribution < 1.29 is 23.8 Å². The number of anilines is 2. The fourth-order valence-corrected chi connectivity index (χ4v) is 5.07. The molecule has 4 aromatic carbocycles. The normalized spacial score (nSPS) is 12.9. The Morgan fingerprint density at radius 2 is 1.49 bits per heavy atom. The van der Waals surface area contributed by atoms with E-state index in [9.17, 15) is 9.59 Å². The van der Waals surface area contributed by atoms with E-state index in [4.69, 9.17) is 14.2 Å². The smallest absolute Gasteiger partial charge is 0.340 e. The van der Waals surface area contributed by atoms with E-state index in [-0.39, 0.29) is 11.5 Å². The SMILES string of the molecule is COC(=O)c1cc(OC)c(-c2ccccc2)cc1NC(=O)c1cc(N2CCCCC2)ccc1OCc1ccccc1. The second kappa shape index (κ2) is 13.0. The average Bonchev–Trinajstić information content (AvgIpc) is 3.04. The highest BCUT2D eigenvalue weighted by molar-refractivity contribution is 6.10. The molecule has 0 aliphatic carbocycles. The number of ether oxygens (including phenoxy) is 3. The third kappa shape index (κ3) is 6.52. The summed E-state index contributed by atoms with van der Waals surface area (Å²) < 4.78 is 16.8. The molecule has 1 heterocycles. The lowest BCUT2D eigenvalue weighted by Gasteiger charge is -2.29. The lowest BCUT2D eigenvalue weighted by atomic mass is 10.0. The Hall–Kier alpha value is -4.78. The Bertz CT molecular complexity index is 1500. The van der Waals surface area contributed by atoms with E-state index in [1.165, 1.54) is 13.5 Å². The van der Waals surface area contributed by atoms with Crippen LogP contribution in [0, 0.1) is 0 Å². The van der Waals surface area contributed by atoms with Gasteiger partial charge in [0.2, 0.25) is 0 Å². The van der Waals surface area contributed by atoms with E-state index < -0.39 is 5.97 Å². The number of piperidine rings is 1. The van der Waals surface area contributed by atoms with Crippen molar-refractivity contribution in [3.05, 3.63) is 108 Å². The molecule has 0 radical (unpaired) electrons. The number of hydrogen-bond donors (Lipinski definition) is 1. The minimum Gasteiger partial charge on any atom is -0.496 e. The summed E-state index contributed by atoms with van der Waals surface area (Å²) >= 11 is 0. The molecule has 5 rings (SSSR count). The summed E-state index contributed by atoms with van der Waals surface area (Å²) in [5.74, 6) is -0.0146. The van der Waals surface area contributed by atoms with Crippen LogP contribution >= 0.6 is 0 Å². The second-order valence-corrected chi connectivity index (χ2v) is 9.91. The Kier molecular flexibility index (Phi) is 8.84. The molecule has 1 fully saturated rings. The van der Waals surface area contributed by atoms with Crippen LogP contribution in [-0.4, -0.2) is 39.2 Å². The molecule has 0 unspecified atom stereocenters. The van der Waals surface area contributed by atoms with Gasteiger partial charge in [0.1, 0.15) is 18.1 Å². The number of carbonyl (C=O) groups is 2. The van der Waals surface area contributed by atoms with Crippen molar-refractivity contribution in [2.75, 3.05) is 37.5 Å². The molecule has 0 bridgehead atoms. The van der Waals surface area contributed by atoms with Gasteiger partial charge < -0.3 is 24.4 Å². The molecule has 1 saturated heterocycles. The van der Waals surface area contributed by atoms with Crippen LogP contribution in [0.1, 0.15) is 45.5 Å². The maximum absolute atomic E-state index is 14.0. The number of nitrogens with one attached hydrogen (secondary N) is 1. The van der Waals surface area contributed by atoms with Crippen molar-refractivity contribution in [3.8, 4) is 22.6 Å². The van der Waals surface area contributed by atoms with Gasteiger partial charge in [0.25, 0.3) is 5.91 Å². The van der Waals surface area contributed by atoms with Crippen LogP contribution in [0.2, 0.25) is 0 Å². The average molecular weight is 551 g/mol. The van der Waals surface area contributed by atoms with E-state index in [2.05, 4.69) is 10.2 Å². The third-order valence-corrected chi connectivity index (χ3v) is 7.24. The summed E-state index contributed by atoms with van der Waals surface area (Å²) in [6, 6.07) is 28.5. The number of methoxy groups -OCH3 is 2. The molecule has 0 atom stereocenters. The summed E-state index contributed by atoms with van der Waals surface area (Å²) in [7, 11) is 2.85. The maximum atomic E-state index is 14.0. The van der Waals surface area contributed by atoms with Gasteiger partial charge in [0, 0.05) is 24.3 Å². The summed E-state index contributed by atoms with van der Waals surface area (Å²) in [6.07, 6.45) is 3.44. The first kappa shape index (κ1) is 27.8. The molecule has 0 aromatic heterocycles. The van der Waals surface area contributed by atoms with Gasteiger partial charge in [-0.3, -0.25) is 4.79 Å². The monoisotopic (exact) mass is 550 g/mol. The molecule has 1 aliphatic heterocycles. The van der Waals surface area contributed by atoms with E-state index >= 15 is 0 Å². The van der Waals surface area contributed by atoms with Crippen LogP contribution in [0.15, 0.2) is 91.0 Å². The van der Waals surface area contributed by atoms with Crippen molar-refractivity contribution >= 4 is 23.3 Å². The molecular formula is C34H34N2O5. The second-order valence-electron chi connectivity index (χ2n) is 9.91. The molecule has 0 saturated carbocycles. The number of nitrogens with zero attached hydrogens (tertiary/aromatic N) is 1. The number of hydrogen-bond acceptors (Lipinski definition) is 6. The molecule has 0 spiro atoms. The predicted octanol–water partition coefficient (Wildman–Crippen LogP) is 6.97. The highest BCUT2D eigenvalue weighted by atomic mass is 16.5. The minimum atomic E-state index is -0.583. The third-order valence-electron chi connectivity index (χ3n) is 7.24. The maximum Gasteiger partial charge on any atom is 0.340 e. The molecule has 1 aliphatic rings. The molecule has 1 amide bonds. The number of amides is 1. The zero-order valence-corrected chi connectivity index (χ0v) is 23.4. The Balaban J connectivity index is 1.53. The van der Waals surface area contributed by atoms with Gasteiger partial charge in [-0.25, -0.2) is 4.79 Å². The van der Waals surface area contributed by atoms with Gasteiger partial charge in [0.05, 0.1) is 31.0 Å². The lowest BCUT2D eigenvalue weighted by molar-refractivity contribution is 0.0601. The first-order chi connectivity index (χ1) is 20.1. The molecule has 1 N–H and O–H groups in total. The van der Waals surface area contributed by atoms with Crippen LogP contribution in [0.5, 0.6) is 11.5 Å². The number of carbonyl (C=O) groups excluding carboxylic acids is 2. The molecule has 41 heavy (non-hydrogen) atoms. The van der Waals surface area contributed by atoms with E-state index in [1.54, 1.807) is 19.2 Å². The first-order valence-corrected chi connectivity index (χ1v) is 13.8. The highest BCUT2D eigenvalue weighted by Crippen LogP contribution is 2.36. The fraction of sp³-hybridized carbons (Fsp3) is 0.235. The van der Waals surface area contributed by atoms with Crippen LogP contribution in [0.3, 0.4) is 0 Å². The Labute approximate surface area is 240 Å². The standard InChI is InChI=1S/C34H34N2O5/c1-39-32-22-28(34(38)40-2)30(21-27(32)25-14-8-4-9-15-25)35-33(37)29-20-26(36-18-10-5-11-19-36)16-17-31(29)41-23-24-12-6-3-7-13-24/h3-4,6-9,12-17,20-22H,5,10-11,18-19,23H2,1-2H3,(H,35,37). The Morgan fingerprint density at radius 1 is 0.780 bits per heavy atom. The summed E-state index contributed by atoms with van der Waals surface area (Å²) in [5, 5.41) is 2.98. The highest BCUT2D eigenvalue weighted by Gasteiger charge is 2.23. The van der Waals surface area contributed by atoms with E-state index in [1.807, 2.05) is 78.9 Å². The minimum absolute atomic E-state index is 0.191. The van der Waals surface area contributed by atoms with Crippen LogP contribution in [-0.2, 0) is 11.3 Å². The molecular weight excluding hydrogens is 516 g/mol. The van der Waals surface area contributed by atoms with E-state index in [0.717, 1.165) is 48.3 Å². The first-order valence-electron chi connectivity index (χ1n) is 13.8. The van der Waals surface area contributed by atoms with Crippen LogP contribution < -0.4 is 19.7 Å². The summed E-state index contributed by atoms with van der Waals surface area (Å²) in [5.41, 5.74) is 4.48. The van der Waals surface area contributed by atoms with Crippen LogP contribution in [0.4, 0.5) is 11.4 Å². The van der Waals surface area contributed by atoms with Gasteiger partial charge in [0.15, 0.2) is 0 Å². The van der Waals surface area contributed by atoms with Crippen molar-refractivity contribution in [1.82, 2.24) is 0 Å². The van der Waals surface area contributed by atoms with Gasteiger partial charge >= 0.3 is 5.97 Å². The fourth-order valence-electron chi connectivity index (χ4n) is 5.07. The molecule has 7 nitrogen and oxygen atoms in total. The Morgan fingerprint density at radius 3 is 2.17 bits per heavy atom. The lowest BCUT2D eigenvalue weighted by Crippen LogP contribution is -2.29. The van der Waals surface area contributed by atoms with Gasteiger partial charge in [-0.1, -0.05) is 60.7 Å². The summed E-state index contributed by atoms with van der Waals surface area (Å²) in [6.45, 7) is 2.20. The zero-order chi connectivity index (χ0) is 28.6. The van der Waals surface area contributed by atoms with Crippen molar-refractivity contribution in [3.63, 3.8) is 0 Å². The van der Waals surface area contributed by atoms with Crippen molar-refractivity contribution in [1.29, 1.82) is 0 Å². The largest absolute Gasteiger partial charge is 0.496 e. The van der Waals surface area contributed by atoms with Crippen molar-refractivity contribution in [2.24, 2.45) is 0 Å². The topological polar surface area (TPSA) is 77.1 Å². The van der Waals surface area contributed by atoms with Gasteiger partial charge in [-0.05, 0) is 60.7 Å². The van der Waals surface area contributed by atoms with Crippen LogP contribution in [0.25, 0.3) is 11.1 Å². The van der Waals surface area contributed by atoms with Gasteiger partial charge in [-0.2, -0.15) is 0 Å². The number of benzene rings is 4. The number of rotatable bonds is 9. The van der Waals surface area contributed by atoms with Crippen molar-refractivity contribution in [2.45, 2.75) is 25.9 Å². The number of esters is 1. The van der Waals surface area contributed by atoms with Gasteiger partial charge in [-0.15, -0.1) is 0 Å². The predicted molar refractivity (Wildman–Crippen MR) is 161 cm³/mol. The summed E-state index contributed by atoms with van der Waals surface area (Å²) in [4.78, 5) is 29.0.